The summed E-state index contributed by atoms with van der Waals surface area (Å²) in [7, 11) is 0. The molecule has 0 spiro atoms. The zero-order valence-electron chi connectivity index (χ0n) is 14.4. The maximum atomic E-state index is 12.2. The lowest BCUT2D eigenvalue weighted by Gasteiger charge is -2.20. The van der Waals surface area contributed by atoms with E-state index in [9.17, 15) is 4.79 Å². The van der Waals surface area contributed by atoms with Crippen molar-refractivity contribution in [2.45, 2.75) is 65.2 Å². The van der Waals surface area contributed by atoms with Crippen LogP contribution in [0.2, 0.25) is 0 Å². The van der Waals surface area contributed by atoms with E-state index in [2.05, 4.69) is 23.5 Å². The van der Waals surface area contributed by atoms with Crippen molar-refractivity contribution in [2.24, 2.45) is 17.8 Å². The fraction of sp³-hybridized carbons (Fsp3) is 0.650. The molecule has 0 radical (unpaired) electrons. The molecule has 3 rings (SSSR count). The van der Waals surface area contributed by atoms with E-state index >= 15 is 0 Å². The van der Waals surface area contributed by atoms with Crippen LogP contribution in [0.1, 0.15) is 57.1 Å². The second kappa shape index (κ2) is 7.48. The van der Waals surface area contributed by atoms with Gasteiger partial charge in [-0.3, -0.25) is 4.79 Å². The first-order valence-corrected chi connectivity index (χ1v) is 9.06. The Morgan fingerprint density at radius 3 is 2.78 bits per heavy atom. The summed E-state index contributed by atoms with van der Waals surface area (Å²) in [4.78, 5) is 12.2. The lowest BCUT2D eigenvalue weighted by molar-refractivity contribution is -0.122. The first-order chi connectivity index (χ1) is 11.1. The number of carbonyl (C=O) groups excluding carboxylic acids is 1. The number of fused-ring (bicyclic) bond motifs is 2. The van der Waals surface area contributed by atoms with E-state index < -0.39 is 0 Å². The van der Waals surface area contributed by atoms with Gasteiger partial charge in [-0.25, -0.2) is 0 Å². The Morgan fingerprint density at radius 1 is 1.26 bits per heavy atom. The van der Waals surface area contributed by atoms with Gasteiger partial charge in [0.2, 0.25) is 5.91 Å². The van der Waals surface area contributed by atoms with E-state index in [1.807, 2.05) is 19.9 Å². The Balaban J connectivity index is 1.44. The highest BCUT2D eigenvalue weighted by molar-refractivity contribution is 5.76. The molecule has 1 aromatic rings. The summed E-state index contributed by atoms with van der Waals surface area (Å²) in [5, 5.41) is 3.10. The van der Waals surface area contributed by atoms with Gasteiger partial charge in [0.15, 0.2) is 0 Å². The highest BCUT2D eigenvalue weighted by Gasteiger charge is 2.39. The highest BCUT2D eigenvalue weighted by atomic mass is 16.5. The molecular formula is C20H29NO2. The van der Waals surface area contributed by atoms with Gasteiger partial charge in [0.1, 0.15) is 0 Å². The second-order valence-electron chi connectivity index (χ2n) is 7.60. The SMILES string of the molecule is CC(C)OCc1cccc(CNC(=O)C[C@@H]2C[C@H]3CC[C@@H]2C3)c1. The Morgan fingerprint density at radius 2 is 2.09 bits per heavy atom. The summed E-state index contributed by atoms with van der Waals surface area (Å²) in [6.07, 6.45) is 6.35. The molecule has 1 amide bonds. The highest BCUT2D eigenvalue weighted by Crippen LogP contribution is 2.49. The van der Waals surface area contributed by atoms with Crippen LogP contribution in [0.3, 0.4) is 0 Å². The lowest BCUT2D eigenvalue weighted by atomic mass is 9.86. The minimum absolute atomic E-state index is 0.214. The van der Waals surface area contributed by atoms with E-state index in [0.29, 0.717) is 19.1 Å². The molecule has 2 aliphatic rings. The summed E-state index contributed by atoms with van der Waals surface area (Å²) in [6, 6.07) is 8.30. The van der Waals surface area contributed by atoms with Gasteiger partial charge >= 0.3 is 0 Å². The Bertz CT molecular complexity index is 540. The molecule has 3 nitrogen and oxygen atoms in total. The third kappa shape index (κ3) is 4.57. The van der Waals surface area contributed by atoms with E-state index in [-0.39, 0.29) is 12.0 Å². The molecule has 1 N–H and O–H groups in total. The zero-order chi connectivity index (χ0) is 16.2. The smallest absolute Gasteiger partial charge is 0.220 e. The summed E-state index contributed by atoms with van der Waals surface area (Å²) < 4.78 is 5.64. The zero-order valence-corrected chi connectivity index (χ0v) is 14.4. The van der Waals surface area contributed by atoms with Crippen LogP contribution in [-0.2, 0) is 22.7 Å². The number of hydrogen-bond acceptors (Lipinski definition) is 2. The van der Waals surface area contributed by atoms with Crippen molar-refractivity contribution in [3.63, 3.8) is 0 Å². The second-order valence-corrected chi connectivity index (χ2v) is 7.60. The normalized spacial score (nSPS) is 26.0. The number of carbonyl (C=O) groups is 1. The largest absolute Gasteiger partial charge is 0.374 e. The fourth-order valence-electron chi connectivity index (χ4n) is 4.23. The monoisotopic (exact) mass is 315 g/mol. The van der Waals surface area contributed by atoms with Crippen LogP contribution in [0.5, 0.6) is 0 Å². The van der Waals surface area contributed by atoms with Gasteiger partial charge in [-0.15, -0.1) is 0 Å². The molecular weight excluding hydrogens is 286 g/mol. The number of benzene rings is 1. The summed E-state index contributed by atoms with van der Waals surface area (Å²) in [5.74, 6) is 2.59. The molecule has 23 heavy (non-hydrogen) atoms. The molecule has 1 aromatic carbocycles. The number of nitrogens with one attached hydrogen (secondary N) is 1. The molecule has 2 bridgehead atoms. The van der Waals surface area contributed by atoms with Crippen LogP contribution in [-0.4, -0.2) is 12.0 Å². The predicted octanol–water partition coefficient (Wildman–Crippen LogP) is 4.05. The van der Waals surface area contributed by atoms with Gasteiger partial charge in [-0.1, -0.05) is 30.7 Å². The van der Waals surface area contributed by atoms with Gasteiger partial charge in [0.05, 0.1) is 12.7 Å². The first kappa shape index (κ1) is 16.5. The van der Waals surface area contributed by atoms with Gasteiger partial charge in [0, 0.05) is 13.0 Å². The van der Waals surface area contributed by atoms with Gasteiger partial charge in [-0.2, -0.15) is 0 Å². The third-order valence-corrected chi connectivity index (χ3v) is 5.40. The van der Waals surface area contributed by atoms with Crippen molar-refractivity contribution >= 4 is 5.91 Å². The molecule has 2 saturated carbocycles. The fourth-order valence-corrected chi connectivity index (χ4v) is 4.23. The Hall–Kier alpha value is -1.35. The van der Waals surface area contributed by atoms with Crippen LogP contribution in [0.4, 0.5) is 0 Å². The van der Waals surface area contributed by atoms with Crippen molar-refractivity contribution < 1.29 is 9.53 Å². The van der Waals surface area contributed by atoms with Crippen molar-refractivity contribution in [3.8, 4) is 0 Å². The average Bonchev–Trinajstić information content (AvgIpc) is 3.14. The Kier molecular flexibility index (Phi) is 5.37. The summed E-state index contributed by atoms with van der Waals surface area (Å²) in [6.45, 7) is 5.33. The molecule has 3 atom stereocenters. The standard InChI is InChI=1S/C20H29NO2/c1-14(2)23-13-17-5-3-4-16(8-17)12-21-20(22)11-19-10-15-6-7-18(19)9-15/h3-5,8,14-15,18-19H,6-7,9-13H2,1-2H3,(H,21,22)/t15-,18+,19-/m0/s1. The van der Waals surface area contributed by atoms with Crippen LogP contribution in [0.15, 0.2) is 24.3 Å². The molecule has 0 saturated heterocycles. The number of ether oxygens (including phenoxy) is 1. The number of hydrogen-bond donors (Lipinski definition) is 1. The molecule has 3 heteroatoms. The van der Waals surface area contributed by atoms with E-state index in [1.165, 1.54) is 31.2 Å². The minimum atomic E-state index is 0.214. The molecule has 126 valence electrons. The van der Waals surface area contributed by atoms with E-state index in [1.54, 1.807) is 0 Å². The van der Waals surface area contributed by atoms with Crippen LogP contribution >= 0.6 is 0 Å². The first-order valence-electron chi connectivity index (χ1n) is 9.06. The maximum Gasteiger partial charge on any atom is 0.220 e. The van der Waals surface area contributed by atoms with E-state index in [0.717, 1.165) is 23.8 Å². The summed E-state index contributed by atoms with van der Waals surface area (Å²) >= 11 is 0. The maximum absolute atomic E-state index is 12.2. The predicted molar refractivity (Wildman–Crippen MR) is 91.8 cm³/mol. The van der Waals surface area contributed by atoms with Crippen LogP contribution < -0.4 is 5.32 Å². The van der Waals surface area contributed by atoms with Crippen molar-refractivity contribution in [3.05, 3.63) is 35.4 Å². The molecule has 0 heterocycles. The topological polar surface area (TPSA) is 38.3 Å². The molecule has 2 fully saturated rings. The van der Waals surface area contributed by atoms with Crippen molar-refractivity contribution in [1.82, 2.24) is 5.32 Å². The molecule has 0 aromatic heterocycles. The van der Waals surface area contributed by atoms with Crippen LogP contribution in [0.25, 0.3) is 0 Å². The average molecular weight is 315 g/mol. The van der Waals surface area contributed by atoms with E-state index in [4.69, 9.17) is 4.74 Å². The van der Waals surface area contributed by atoms with Gasteiger partial charge in [-0.05, 0) is 62.0 Å². The quantitative estimate of drug-likeness (QED) is 0.824. The summed E-state index contributed by atoms with van der Waals surface area (Å²) in [5.41, 5.74) is 2.31. The van der Waals surface area contributed by atoms with Gasteiger partial charge < -0.3 is 10.1 Å². The lowest BCUT2D eigenvalue weighted by Crippen LogP contribution is -2.26. The van der Waals surface area contributed by atoms with Crippen molar-refractivity contribution in [1.29, 1.82) is 0 Å². The minimum Gasteiger partial charge on any atom is -0.374 e. The van der Waals surface area contributed by atoms with Crippen LogP contribution in [0, 0.1) is 17.8 Å². The number of rotatable bonds is 7. The van der Waals surface area contributed by atoms with Gasteiger partial charge in [0.25, 0.3) is 0 Å². The third-order valence-electron chi connectivity index (χ3n) is 5.40. The van der Waals surface area contributed by atoms with Crippen molar-refractivity contribution in [2.75, 3.05) is 0 Å². The molecule has 2 aliphatic carbocycles. The Labute approximate surface area is 139 Å². The number of amides is 1. The molecule has 0 unspecified atom stereocenters. The molecule has 0 aliphatic heterocycles.